The smallest absolute Gasteiger partial charge is 0.136 e. The molecule has 0 unspecified atom stereocenters. The summed E-state index contributed by atoms with van der Waals surface area (Å²) in [7, 11) is 0. The van der Waals surface area contributed by atoms with E-state index in [1.165, 1.54) is 76.9 Å². The van der Waals surface area contributed by atoms with Crippen LogP contribution in [0.3, 0.4) is 0 Å². The summed E-state index contributed by atoms with van der Waals surface area (Å²) < 4.78 is 6.60. The van der Waals surface area contributed by atoms with Gasteiger partial charge in [0.1, 0.15) is 11.2 Å². The van der Waals surface area contributed by atoms with Gasteiger partial charge in [-0.1, -0.05) is 141 Å². The molecular weight excluding hydrogens is 643 g/mol. The third kappa shape index (κ3) is 4.39. The Kier molecular flexibility index (Phi) is 6.33. The number of fused-ring (bicyclic) bond motifs is 6. The standard InChI is InChI=1S/C51H35NO/c1-51(2)43-19-10-9-17-40(43)48-44(51)20-12-21-45(48)52(36-25-23-34(24-26-36)32-13-5-3-6-14-32)37-27-28-38-41(31-37)39-18-11-22-46-49(39)50-42(38)29-35(30-47(50)53-46)33-15-7-4-8-16-33/h3-31H,1-2H3. The van der Waals surface area contributed by atoms with E-state index in [4.69, 9.17) is 4.42 Å². The van der Waals surface area contributed by atoms with E-state index < -0.39 is 0 Å². The van der Waals surface area contributed by atoms with Crippen LogP contribution in [0.5, 0.6) is 0 Å². The van der Waals surface area contributed by atoms with Gasteiger partial charge in [-0.2, -0.15) is 0 Å². The number of anilines is 3. The maximum atomic E-state index is 6.60. The van der Waals surface area contributed by atoms with Crippen molar-refractivity contribution in [3.8, 4) is 33.4 Å². The second-order valence-electron chi connectivity index (χ2n) is 14.9. The van der Waals surface area contributed by atoms with E-state index in [-0.39, 0.29) is 5.41 Å². The molecule has 0 N–H and O–H groups in total. The Morgan fingerprint density at radius 1 is 0.415 bits per heavy atom. The molecule has 0 radical (unpaired) electrons. The Morgan fingerprint density at radius 2 is 1.06 bits per heavy atom. The lowest BCUT2D eigenvalue weighted by Crippen LogP contribution is -2.16. The van der Waals surface area contributed by atoms with Gasteiger partial charge in [0.2, 0.25) is 0 Å². The van der Waals surface area contributed by atoms with Crippen molar-refractivity contribution in [2.75, 3.05) is 4.90 Å². The average molecular weight is 678 g/mol. The maximum Gasteiger partial charge on any atom is 0.136 e. The SMILES string of the molecule is CC1(C)c2ccccc2-c2c(N(c3ccc(-c4ccccc4)cc3)c3ccc4c(c3)c3cccc5oc6cc(-c7ccccc7)cc4c6c53)cccc21. The highest BCUT2D eigenvalue weighted by Gasteiger charge is 2.37. The van der Waals surface area contributed by atoms with Crippen LogP contribution in [0.1, 0.15) is 25.0 Å². The largest absolute Gasteiger partial charge is 0.456 e. The van der Waals surface area contributed by atoms with E-state index in [0.29, 0.717) is 0 Å². The van der Waals surface area contributed by atoms with Crippen LogP contribution < -0.4 is 4.90 Å². The van der Waals surface area contributed by atoms with Crippen molar-refractivity contribution >= 4 is 60.5 Å². The third-order valence-electron chi connectivity index (χ3n) is 11.6. The number of benzene rings is 9. The van der Waals surface area contributed by atoms with Gasteiger partial charge in [0.15, 0.2) is 0 Å². The number of furan rings is 1. The van der Waals surface area contributed by atoms with Crippen molar-refractivity contribution in [3.05, 3.63) is 187 Å². The highest BCUT2D eigenvalue weighted by Crippen LogP contribution is 2.54. The lowest BCUT2D eigenvalue weighted by molar-refractivity contribution is 0.660. The van der Waals surface area contributed by atoms with Crippen LogP contribution in [0.15, 0.2) is 180 Å². The minimum absolute atomic E-state index is 0.108. The molecular formula is C51H35NO. The minimum Gasteiger partial charge on any atom is -0.456 e. The Bertz CT molecular complexity index is 3010. The Morgan fingerprint density at radius 3 is 1.85 bits per heavy atom. The quantitative estimate of drug-likeness (QED) is 0.169. The topological polar surface area (TPSA) is 16.4 Å². The molecule has 250 valence electrons. The summed E-state index contributed by atoms with van der Waals surface area (Å²) in [5.74, 6) is 0. The van der Waals surface area contributed by atoms with Crippen molar-refractivity contribution < 1.29 is 4.42 Å². The molecule has 0 saturated heterocycles. The molecule has 0 saturated carbocycles. The molecule has 1 aliphatic rings. The zero-order valence-corrected chi connectivity index (χ0v) is 29.6. The number of hydrogen-bond acceptors (Lipinski definition) is 2. The van der Waals surface area contributed by atoms with E-state index in [2.05, 4.69) is 195 Å². The van der Waals surface area contributed by atoms with Gasteiger partial charge in [-0.25, -0.2) is 0 Å². The highest BCUT2D eigenvalue weighted by atomic mass is 16.3. The van der Waals surface area contributed by atoms with E-state index in [9.17, 15) is 0 Å². The molecule has 2 nitrogen and oxygen atoms in total. The van der Waals surface area contributed by atoms with Crippen molar-refractivity contribution in [1.82, 2.24) is 0 Å². The van der Waals surface area contributed by atoms with Crippen LogP contribution >= 0.6 is 0 Å². The van der Waals surface area contributed by atoms with Crippen LogP contribution in [0, 0.1) is 0 Å². The lowest BCUT2D eigenvalue weighted by atomic mass is 9.82. The van der Waals surface area contributed by atoms with E-state index in [1.54, 1.807) is 0 Å². The van der Waals surface area contributed by atoms with E-state index in [1.807, 2.05) is 0 Å². The van der Waals surface area contributed by atoms with Gasteiger partial charge in [-0.3, -0.25) is 0 Å². The molecule has 1 heterocycles. The molecule has 0 aliphatic heterocycles. The predicted molar refractivity (Wildman–Crippen MR) is 223 cm³/mol. The molecule has 0 fully saturated rings. The van der Waals surface area contributed by atoms with Crippen LogP contribution in [0.25, 0.3) is 76.9 Å². The zero-order chi connectivity index (χ0) is 35.3. The fourth-order valence-electron chi connectivity index (χ4n) is 9.09. The fraction of sp³-hybridized carbons (Fsp3) is 0.0588. The minimum atomic E-state index is -0.108. The van der Waals surface area contributed by atoms with Crippen LogP contribution in [-0.2, 0) is 5.41 Å². The summed E-state index contributed by atoms with van der Waals surface area (Å²) in [6.07, 6.45) is 0. The summed E-state index contributed by atoms with van der Waals surface area (Å²) in [6.45, 7) is 4.71. The van der Waals surface area contributed by atoms with Gasteiger partial charge in [0, 0.05) is 33.1 Å². The number of hydrogen-bond donors (Lipinski definition) is 0. The van der Waals surface area contributed by atoms with Crippen LogP contribution in [-0.4, -0.2) is 0 Å². The molecule has 0 amide bonds. The summed E-state index contributed by atoms with van der Waals surface area (Å²) >= 11 is 0. The van der Waals surface area contributed by atoms with Crippen LogP contribution in [0.2, 0.25) is 0 Å². The number of rotatable bonds is 5. The van der Waals surface area contributed by atoms with Crippen molar-refractivity contribution in [2.45, 2.75) is 19.3 Å². The first-order valence-corrected chi connectivity index (χ1v) is 18.4. The fourth-order valence-corrected chi connectivity index (χ4v) is 9.09. The molecule has 9 aromatic carbocycles. The highest BCUT2D eigenvalue weighted by molar-refractivity contribution is 6.33. The average Bonchev–Trinajstić information content (AvgIpc) is 3.71. The molecule has 53 heavy (non-hydrogen) atoms. The van der Waals surface area contributed by atoms with Crippen LogP contribution in [0.4, 0.5) is 17.1 Å². The predicted octanol–water partition coefficient (Wildman–Crippen LogP) is 14.4. The van der Waals surface area contributed by atoms with Gasteiger partial charge in [0.25, 0.3) is 0 Å². The van der Waals surface area contributed by atoms with Gasteiger partial charge in [-0.05, 0) is 109 Å². The first-order chi connectivity index (χ1) is 26.0. The molecule has 0 atom stereocenters. The molecule has 0 bridgehead atoms. The van der Waals surface area contributed by atoms with E-state index >= 15 is 0 Å². The maximum absolute atomic E-state index is 6.60. The first-order valence-electron chi connectivity index (χ1n) is 18.4. The first kappa shape index (κ1) is 30.0. The molecule has 0 spiro atoms. The molecule has 2 heteroatoms. The summed E-state index contributed by atoms with van der Waals surface area (Å²) in [5, 5.41) is 7.26. The third-order valence-corrected chi connectivity index (χ3v) is 11.6. The normalized spacial score (nSPS) is 13.2. The second kappa shape index (κ2) is 11.2. The van der Waals surface area contributed by atoms with Gasteiger partial charge in [0.05, 0.1) is 5.69 Å². The zero-order valence-electron chi connectivity index (χ0n) is 29.6. The van der Waals surface area contributed by atoms with Gasteiger partial charge in [-0.15, -0.1) is 0 Å². The van der Waals surface area contributed by atoms with Crippen molar-refractivity contribution in [1.29, 1.82) is 0 Å². The van der Waals surface area contributed by atoms with Crippen molar-refractivity contribution in [3.63, 3.8) is 0 Å². The van der Waals surface area contributed by atoms with E-state index in [0.717, 1.165) is 28.1 Å². The van der Waals surface area contributed by atoms with Crippen molar-refractivity contribution in [2.24, 2.45) is 0 Å². The summed E-state index contributed by atoms with van der Waals surface area (Å²) in [6, 6.07) is 64.1. The lowest BCUT2D eigenvalue weighted by Gasteiger charge is -2.29. The molecule has 10 aromatic rings. The molecule has 1 aromatic heterocycles. The summed E-state index contributed by atoms with van der Waals surface area (Å²) in [4.78, 5) is 2.47. The molecule has 1 aliphatic carbocycles. The van der Waals surface area contributed by atoms with Gasteiger partial charge >= 0.3 is 0 Å². The number of nitrogens with zero attached hydrogens (tertiary/aromatic N) is 1. The monoisotopic (exact) mass is 677 g/mol. The Labute approximate surface area is 308 Å². The Hall–Kier alpha value is -6.64. The Balaban J connectivity index is 1.19. The molecule has 11 rings (SSSR count). The summed E-state index contributed by atoms with van der Waals surface area (Å²) in [5.41, 5.74) is 15.2. The second-order valence-corrected chi connectivity index (χ2v) is 14.9. The van der Waals surface area contributed by atoms with Gasteiger partial charge < -0.3 is 9.32 Å².